The molecule has 3 aromatic rings. The number of halogens is 2. The molecular weight excluding hydrogens is 472 g/mol. The van der Waals surface area contributed by atoms with Gasteiger partial charge >= 0.3 is 5.97 Å². The minimum Gasteiger partial charge on any atom is -0.496 e. The van der Waals surface area contributed by atoms with Crippen LogP contribution in [0.3, 0.4) is 0 Å². The number of amides is 1. The van der Waals surface area contributed by atoms with Crippen molar-refractivity contribution in [2.75, 3.05) is 7.11 Å². The number of nitrogens with one attached hydrogen (secondary N) is 1. The van der Waals surface area contributed by atoms with E-state index in [1.54, 1.807) is 66.7 Å². The molecule has 0 spiro atoms. The quantitative estimate of drug-likeness (QED) is 0.227. The highest BCUT2D eigenvalue weighted by Crippen LogP contribution is 2.22. The van der Waals surface area contributed by atoms with E-state index in [0.29, 0.717) is 33.2 Å². The number of carbonyl (C=O) groups is 2. The third-order valence-corrected chi connectivity index (χ3v) is 4.70. The van der Waals surface area contributed by atoms with Crippen molar-refractivity contribution < 1.29 is 19.1 Å². The largest absolute Gasteiger partial charge is 0.496 e. The van der Waals surface area contributed by atoms with Crippen LogP contribution in [0.4, 0.5) is 0 Å². The summed E-state index contributed by atoms with van der Waals surface area (Å²) in [6.45, 7) is 0. The second-order valence-corrected chi connectivity index (χ2v) is 7.36. The summed E-state index contributed by atoms with van der Waals surface area (Å²) >= 11 is 9.14. The van der Waals surface area contributed by atoms with Crippen LogP contribution in [0.1, 0.15) is 26.3 Å². The topological polar surface area (TPSA) is 77.0 Å². The van der Waals surface area contributed by atoms with E-state index < -0.39 is 11.9 Å². The zero-order valence-corrected chi connectivity index (χ0v) is 18.1. The molecule has 0 bridgehead atoms. The second kappa shape index (κ2) is 10.0. The van der Waals surface area contributed by atoms with E-state index in [2.05, 4.69) is 26.5 Å². The van der Waals surface area contributed by atoms with Crippen LogP contribution >= 0.6 is 27.5 Å². The highest BCUT2D eigenvalue weighted by atomic mass is 79.9. The van der Waals surface area contributed by atoms with Gasteiger partial charge in [-0.3, -0.25) is 4.79 Å². The zero-order valence-electron chi connectivity index (χ0n) is 15.8. The lowest BCUT2D eigenvalue weighted by Crippen LogP contribution is -2.18. The van der Waals surface area contributed by atoms with Crippen LogP contribution in [0.5, 0.6) is 11.5 Å². The number of methoxy groups -OCH3 is 1. The Morgan fingerprint density at radius 3 is 2.40 bits per heavy atom. The van der Waals surface area contributed by atoms with Crippen molar-refractivity contribution in [1.82, 2.24) is 5.43 Å². The van der Waals surface area contributed by atoms with Crippen LogP contribution in [0.25, 0.3) is 0 Å². The summed E-state index contributed by atoms with van der Waals surface area (Å²) in [5.41, 5.74) is 3.92. The van der Waals surface area contributed by atoms with Crippen LogP contribution in [0.15, 0.2) is 76.3 Å². The third-order valence-electron chi connectivity index (χ3n) is 3.96. The number of hydrogen-bond acceptors (Lipinski definition) is 5. The lowest BCUT2D eigenvalue weighted by Gasteiger charge is -2.07. The van der Waals surface area contributed by atoms with Gasteiger partial charge in [-0.25, -0.2) is 10.2 Å². The van der Waals surface area contributed by atoms with Crippen molar-refractivity contribution in [3.63, 3.8) is 0 Å². The van der Waals surface area contributed by atoms with Crippen molar-refractivity contribution in [1.29, 1.82) is 0 Å². The Hall–Kier alpha value is -3.16. The van der Waals surface area contributed by atoms with Crippen molar-refractivity contribution in [3.05, 3.63) is 92.9 Å². The van der Waals surface area contributed by atoms with Crippen LogP contribution in [-0.4, -0.2) is 25.2 Å². The van der Waals surface area contributed by atoms with E-state index in [9.17, 15) is 9.59 Å². The van der Waals surface area contributed by atoms with Gasteiger partial charge in [0.05, 0.1) is 24.5 Å². The Morgan fingerprint density at radius 1 is 1.03 bits per heavy atom. The molecule has 0 atom stereocenters. The molecule has 0 unspecified atom stereocenters. The molecule has 1 N–H and O–H groups in total. The molecule has 3 aromatic carbocycles. The predicted octanol–water partition coefficient (Wildman–Crippen LogP) is 5.09. The monoisotopic (exact) mass is 486 g/mol. The van der Waals surface area contributed by atoms with Gasteiger partial charge in [0, 0.05) is 9.50 Å². The van der Waals surface area contributed by atoms with E-state index in [4.69, 9.17) is 21.1 Å². The average Bonchev–Trinajstić information content (AvgIpc) is 2.75. The molecule has 0 aliphatic rings. The lowest BCUT2D eigenvalue weighted by molar-refractivity contribution is 0.0734. The van der Waals surface area contributed by atoms with Gasteiger partial charge in [-0.1, -0.05) is 27.5 Å². The number of benzene rings is 3. The average molecular weight is 488 g/mol. The van der Waals surface area contributed by atoms with Crippen molar-refractivity contribution in [2.24, 2.45) is 5.10 Å². The van der Waals surface area contributed by atoms with Gasteiger partial charge in [0.1, 0.15) is 11.5 Å². The van der Waals surface area contributed by atoms with Crippen molar-refractivity contribution in [2.45, 2.75) is 0 Å². The molecule has 0 saturated heterocycles. The smallest absolute Gasteiger partial charge is 0.343 e. The fourth-order valence-corrected chi connectivity index (χ4v) is 2.94. The van der Waals surface area contributed by atoms with Gasteiger partial charge in [0.2, 0.25) is 0 Å². The van der Waals surface area contributed by atoms with Gasteiger partial charge < -0.3 is 9.47 Å². The SMILES string of the molecule is COc1ccc(Br)cc1C(=O)N/N=C\c1ccc(OC(=O)c2ccc(Cl)cc2)cc1. The molecule has 8 heteroatoms. The molecule has 0 aliphatic heterocycles. The van der Waals surface area contributed by atoms with Gasteiger partial charge in [-0.15, -0.1) is 0 Å². The number of rotatable bonds is 6. The molecule has 3 rings (SSSR count). The van der Waals surface area contributed by atoms with Crippen molar-refractivity contribution >= 4 is 45.6 Å². The fraction of sp³-hybridized carbons (Fsp3) is 0.0455. The molecule has 1 amide bonds. The number of ether oxygens (including phenoxy) is 2. The zero-order chi connectivity index (χ0) is 21.5. The van der Waals surface area contributed by atoms with Crippen LogP contribution in [0.2, 0.25) is 5.02 Å². The Kier molecular flexibility index (Phi) is 7.21. The van der Waals surface area contributed by atoms with E-state index in [0.717, 1.165) is 4.47 Å². The summed E-state index contributed by atoms with van der Waals surface area (Å²) in [5.74, 6) is -0.0611. The third kappa shape index (κ3) is 5.68. The number of hydrogen-bond donors (Lipinski definition) is 1. The van der Waals surface area contributed by atoms with Gasteiger partial charge in [-0.05, 0) is 72.3 Å². The summed E-state index contributed by atoms with van der Waals surface area (Å²) < 4.78 is 11.3. The van der Waals surface area contributed by atoms with Gasteiger partial charge in [0.25, 0.3) is 5.91 Å². The van der Waals surface area contributed by atoms with Crippen LogP contribution in [-0.2, 0) is 0 Å². The van der Waals surface area contributed by atoms with Crippen LogP contribution in [0, 0.1) is 0 Å². The van der Waals surface area contributed by atoms with E-state index in [-0.39, 0.29) is 0 Å². The molecule has 152 valence electrons. The first-order valence-corrected chi connectivity index (χ1v) is 9.88. The summed E-state index contributed by atoms with van der Waals surface area (Å²) in [7, 11) is 1.49. The first-order chi connectivity index (χ1) is 14.5. The van der Waals surface area contributed by atoms with Gasteiger partial charge in [-0.2, -0.15) is 5.10 Å². The first kappa shape index (κ1) is 21.5. The Morgan fingerprint density at radius 2 is 1.73 bits per heavy atom. The number of hydrazone groups is 1. The molecule has 6 nitrogen and oxygen atoms in total. The number of nitrogens with zero attached hydrogens (tertiary/aromatic N) is 1. The van der Waals surface area contributed by atoms with Crippen molar-refractivity contribution in [3.8, 4) is 11.5 Å². The van der Waals surface area contributed by atoms with E-state index >= 15 is 0 Å². The van der Waals surface area contributed by atoms with E-state index in [1.807, 2.05) is 0 Å². The maximum atomic E-state index is 12.3. The fourth-order valence-electron chi connectivity index (χ4n) is 2.46. The number of carbonyl (C=O) groups excluding carboxylic acids is 2. The molecule has 0 aromatic heterocycles. The summed E-state index contributed by atoms with van der Waals surface area (Å²) in [6, 6.07) is 18.2. The Bertz CT molecular complexity index is 1080. The van der Waals surface area contributed by atoms with Crippen LogP contribution < -0.4 is 14.9 Å². The lowest BCUT2D eigenvalue weighted by atomic mass is 10.2. The van der Waals surface area contributed by atoms with Gasteiger partial charge in [0.15, 0.2) is 0 Å². The minimum atomic E-state index is -0.483. The van der Waals surface area contributed by atoms with E-state index in [1.165, 1.54) is 13.3 Å². The maximum Gasteiger partial charge on any atom is 0.343 e. The maximum absolute atomic E-state index is 12.3. The standard InChI is InChI=1S/C22H16BrClN2O4/c1-29-20-11-6-16(23)12-19(20)21(27)26-25-13-14-2-9-18(10-3-14)30-22(28)15-4-7-17(24)8-5-15/h2-13H,1H3,(H,26,27)/b25-13-. The Labute approximate surface area is 186 Å². The molecule has 0 aliphatic carbocycles. The second-order valence-electron chi connectivity index (χ2n) is 6.01. The summed E-state index contributed by atoms with van der Waals surface area (Å²) in [6.07, 6.45) is 1.48. The number of esters is 1. The molecule has 0 saturated carbocycles. The first-order valence-electron chi connectivity index (χ1n) is 8.71. The summed E-state index contributed by atoms with van der Waals surface area (Å²) in [5, 5.41) is 4.50. The molecule has 0 fully saturated rings. The summed E-state index contributed by atoms with van der Waals surface area (Å²) in [4.78, 5) is 24.4. The molecule has 30 heavy (non-hydrogen) atoms. The molecule has 0 radical (unpaired) electrons. The minimum absolute atomic E-state index is 0.355. The normalized spacial score (nSPS) is 10.6. The Balaban J connectivity index is 1.59. The predicted molar refractivity (Wildman–Crippen MR) is 119 cm³/mol. The molecule has 0 heterocycles. The highest BCUT2D eigenvalue weighted by Gasteiger charge is 2.12. The highest BCUT2D eigenvalue weighted by molar-refractivity contribution is 9.10. The molecular formula is C22H16BrClN2O4.